The second kappa shape index (κ2) is 14.0. The highest BCUT2D eigenvalue weighted by atomic mass is 32.2. The van der Waals surface area contributed by atoms with Crippen molar-refractivity contribution < 1.29 is 29.1 Å². The van der Waals surface area contributed by atoms with E-state index in [1.54, 1.807) is 0 Å². The number of carboxylic acids is 1. The average Bonchev–Trinajstić information content (AvgIpc) is 2.59. The van der Waals surface area contributed by atoms with Crippen LogP contribution in [0, 0.1) is 17.8 Å². The van der Waals surface area contributed by atoms with Crippen LogP contribution in [0.3, 0.4) is 0 Å². The Balaban J connectivity index is 4.44. The first-order valence-electron chi connectivity index (χ1n) is 9.62. The molecule has 0 spiro atoms. The van der Waals surface area contributed by atoms with E-state index in [1.165, 1.54) is 6.92 Å². The fraction of sp³-hybridized carbons (Fsp3) is 0.737. The predicted octanol–water partition coefficient (Wildman–Crippen LogP) is 0.776. The summed E-state index contributed by atoms with van der Waals surface area (Å²) in [6.45, 7) is 8.36. The number of aliphatic carboxylic acids is 1. The van der Waals surface area contributed by atoms with Gasteiger partial charge in [-0.2, -0.15) is 0 Å². The van der Waals surface area contributed by atoms with Gasteiger partial charge in [0.2, 0.25) is 17.7 Å². The molecule has 9 nitrogen and oxygen atoms in total. The Morgan fingerprint density at radius 2 is 1.41 bits per heavy atom. The zero-order valence-electron chi connectivity index (χ0n) is 17.7. The summed E-state index contributed by atoms with van der Waals surface area (Å²) in [7, 11) is 0. The summed E-state index contributed by atoms with van der Waals surface area (Å²) in [5.74, 6) is -2.35. The molecule has 29 heavy (non-hydrogen) atoms. The van der Waals surface area contributed by atoms with Crippen LogP contribution in [0.25, 0.3) is 0 Å². The fourth-order valence-electron chi connectivity index (χ4n) is 2.53. The second-order valence-corrected chi connectivity index (χ2v) is 8.91. The molecule has 2 atom stereocenters. The van der Waals surface area contributed by atoms with Crippen molar-refractivity contribution in [3.05, 3.63) is 0 Å². The molecule has 0 rings (SSSR count). The van der Waals surface area contributed by atoms with Crippen LogP contribution in [0.5, 0.6) is 0 Å². The maximum Gasteiger partial charge on any atom is 0.326 e. The highest BCUT2D eigenvalue weighted by molar-refractivity contribution is 8.13. The highest BCUT2D eigenvalue weighted by Gasteiger charge is 2.22. The van der Waals surface area contributed by atoms with Crippen LogP contribution in [0.1, 0.15) is 47.5 Å². The van der Waals surface area contributed by atoms with E-state index < -0.39 is 29.7 Å². The van der Waals surface area contributed by atoms with E-state index in [0.717, 1.165) is 11.8 Å². The molecular weight excluding hydrogens is 398 g/mol. The smallest absolute Gasteiger partial charge is 0.326 e. The lowest BCUT2D eigenvalue weighted by atomic mass is 9.98. The molecule has 0 aromatic heterocycles. The van der Waals surface area contributed by atoms with E-state index in [9.17, 15) is 24.0 Å². The number of hydrogen-bond donors (Lipinski definition) is 4. The van der Waals surface area contributed by atoms with Crippen LogP contribution < -0.4 is 16.0 Å². The van der Waals surface area contributed by atoms with Gasteiger partial charge in [0.15, 0.2) is 5.12 Å². The molecule has 0 aliphatic rings. The van der Waals surface area contributed by atoms with E-state index in [-0.39, 0.29) is 42.4 Å². The minimum absolute atomic E-state index is 0.0764. The zero-order chi connectivity index (χ0) is 22.6. The van der Waals surface area contributed by atoms with Crippen molar-refractivity contribution in [3.63, 3.8) is 0 Å². The fourth-order valence-corrected chi connectivity index (χ4v) is 3.25. The first kappa shape index (κ1) is 26.9. The lowest BCUT2D eigenvalue weighted by Crippen LogP contribution is -2.47. The third-order valence-electron chi connectivity index (χ3n) is 3.82. The molecule has 0 aliphatic heterocycles. The third-order valence-corrected chi connectivity index (χ3v) is 4.80. The molecule has 0 saturated carbocycles. The summed E-state index contributed by atoms with van der Waals surface area (Å²) in [5, 5.41) is 16.3. The van der Waals surface area contributed by atoms with Gasteiger partial charge in [0, 0.05) is 18.6 Å². The monoisotopic (exact) mass is 431 g/mol. The van der Waals surface area contributed by atoms with Crippen molar-refractivity contribution in [1.82, 2.24) is 16.0 Å². The maximum atomic E-state index is 12.3. The maximum absolute atomic E-state index is 12.3. The summed E-state index contributed by atoms with van der Waals surface area (Å²) in [5.41, 5.74) is 0. The molecule has 0 bridgehead atoms. The molecule has 0 fully saturated rings. The quantitative estimate of drug-likeness (QED) is 0.337. The molecule has 4 N–H and O–H groups in total. The van der Waals surface area contributed by atoms with Gasteiger partial charge in [-0.25, -0.2) is 4.79 Å². The molecule has 0 aromatic carbocycles. The van der Waals surface area contributed by atoms with Gasteiger partial charge in [-0.15, -0.1) is 0 Å². The number of amides is 3. The topological polar surface area (TPSA) is 142 Å². The number of nitrogens with one attached hydrogen (secondary N) is 3. The summed E-state index contributed by atoms with van der Waals surface area (Å²) >= 11 is 1.07. The van der Waals surface area contributed by atoms with Gasteiger partial charge in [0.05, 0.1) is 13.1 Å². The first-order chi connectivity index (χ1) is 13.4. The van der Waals surface area contributed by atoms with Crippen molar-refractivity contribution in [2.24, 2.45) is 17.8 Å². The molecule has 0 aliphatic carbocycles. The van der Waals surface area contributed by atoms with Crippen LogP contribution in [0.2, 0.25) is 0 Å². The van der Waals surface area contributed by atoms with Gasteiger partial charge >= 0.3 is 5.97 Å². The molecule has 10 heteroatoms. The van der Waals surface area contributed by atoms with Crippen LogP contribution in [0.15, 0.2) is 0 Å². The minimum atomic E-state index is -1.13. The van der Waals surface area contributed by atoms with E-state index in [1.807, 2.05) is 27.7 Å². The molecule has 0 heterocycles. The highest BCUT2D eigenvalue weighted by Crippen LogP contribution is 2.18. The Kier molecular flexibility index (Phi) is 13.0. The number of rotatable bonds is 13. The minimum Gasteiger partial charge on any atom is -0.480 e. The van der Waals surface area contributed by atoms with Gasteiger partial charge in [0.1, 0.15) is 6.04 Å². The second-order valence-electron chi connectivity index (χ2n) is 7.71. The number of carbonyl (C=O) groups is 5. The zero-order valence-corrected chi connectivity index (χ0v) is 18.6. The first-order valence-corrected chi connectivity index (χ1v) is 10.6. The summed E-state index contributed by atoms with van der Waals surface area (Å²) in [4.78, 5) is 58.3. The molecule has 0 aromatic rings. The third kappa shape index (κ3) is 13.7. The van der Waals surface area contributed by atoms with Gasteiger partial charge in [-0.05, 0) is 24.7 Å². The Morgan fingerprint density at radius 1 is 0.862 bits per heavy atom. The van der Waals surface area contributed by atoms with E-state index in [4.69, 9.17) is 5.11 Å². The van der Waals surface area contributed by atoms with Crippen molar-refractivity contribution in [1.29, 1.82) is 0 Å². The standard InChI is InChI=1S/C19H33N3O6S/c1-11(2)6-14(10-29-13(5)23)18(26)21-8-16(24)20-9-17(25)22-15(19(27)28)7-12(3)4/h11-12,14-15H,6-10H2,1-5H3,(H,20,24)(H,21,26)(H,22,25)(H,27,28)/t14?,15-/m0/s1. The van der Waals surface area contributed by atoms with Crippen LogP contribution in [0.4, 0.5) is 0 Å². The Morgan fingerprint density at radius 3 is 1.90 bits per heavy atom. The number of hydrogen-bond acceptors (Lipinski definition) is 6. The van der Waals surface area contributed by atoms with Crippen molar-refractivity contribution >= 4 is 40.6 Å². The molecule has 0 radical (unpaired) electrons. The lowest BCUT2D eigenvalue weighted by Gasteiger charge is -2.18. The van der Waals surface area contributed by atoms with E-state index in [0.29, 0.717) is 12.2 Å². The van der Waals surface area contributed by atoms with Gasteiger partial charge < -0.3 is 21.1 Å². The Labute approximate surface area is 176 Å². The van der Waals surface area contributed by atoms with Crippen LogP contribution in [-0.2, 0) is 24.0 Å². The Hall–Kier alpha value is -2.10. The van der Waals surface area contributed by atoms with Gasteiger partial charge in [-0.3, -0.25) is 19.2 Å². The van der Waals surface area contributed by atoms with Crippen LogP contribution >= 0.6 is 11.8 Å². The SMILES string of the molecule is CC(=O)SCC(CC(C)C)C(=O)NCC(=O)NCC(=O)N[C@@H](CC(C)C)C(=O)O. The van der Waals surface area contributed by atoms with E-state index in [2.05, 4.69) is 16.0 Å². The van der Waals surface area contributed by atoms with E-state index >= 15 is 0 Å². The molecule has 0 saturated heterocycles. The number of carboxylic acid groups (broad SMARTS) is 1. The van der Waals surface area contributed by atoms with Crippen molar-refractivity contribution in [2.75, 3.05) is 18.8 Å². The van der Waals surface area contributed by atoms with Gasteiger partial charge in [-0.1, -0.05) is 39.5 Å². The summed E-state index contributed by atoms with van der Waals surface area (Å²) in [6, 6.07) is -1.02. The van der Waals surface area contributed by atoms with Crippen molar-refractivity contribution in [3.8, 4) is 0 Å². The molecule has 1 unspecified atom stereocenters. The summed E-state index contributed by atoms with van der Waals surface area (Å²) in [6.07, 6.45) is 0.864. The largest absolute Gasteiger partial charge is 0.480 e. The summed E-state index contributed by atoms with van der Waals surface area (Å²) < 4.78 is 0. The Bertz CT molecular complexity index is 594. The van der Waals surface area contributed by atoms with Crippen molar-refractivity contribution in [2.45, 2.75) is 53.5 Å². The van der Waals surface area contributed by atoms with Gasteiger partial charge in [0.25, 0.3) is 0 Å². The van der Waals surface area contributed by atoms with Crippen LogP contribution in [-0.4, -0.2) is 58.8 Å². The number of thioether (sulfide) groups is 1. The molecular formula is C19H33N3O6S. The average molecular weight is 432 g/mol. The molecule has 166 valence electrons. The number of carbonyl (C=O) groups excluding carboxylic acids is 4. The lowest BCUT2D eigenvalue weighted by molar-refractivity contribution is -0.142. The predicted molar refractivity (Wildman–Crippen MR) is 111 cm³/mol. The normalized spacial score (nSPS) is 12.9. The molecule has 3 amide bonds.